The van der Waals surface area contributed by atoms with Crippen molar-refractivity contribution < 1.29 is 23.2 Å². The lowest BCUT2D eigenvalue weighted by Crippen LogP contribution is -2.46. The second-order valence-corrected chi connectivity index (χ2v) is 8.93. The molecule has 12 heteroatoms. The molecule has 0 aromatic carbocycles. The molecule has 2 aromatic rings. The maximum Gasteiger partial charge on any atom is 0.401 e. The topological polar surface area (TPSA) is 78.9 Å². The van der Waals surface area contributed by atoms with Crippen LogP contribution in [0, 0.1) is 0 Å². The van der Waals surface area contributed by atoms with E-state index >= 15 is 0 Å². The van der Waals surface area contributed by atoms with Crippen LogP contribution in [-0.2, 0) is 0 Å². The molecular weight excluding hydrogens is 457 g/mol. The summed E-state index contributed by atoms with van der Waals surface area (Å²) >= 11 is 1.25. The summed E-state index contributed by atoms with van der Waals surface area (Å²) in [6, 6.07) is 1.93. The Kier molecular flexibility index (Phi) is 10.4. The van der Waals surface area contributed by atoms with Crippen molar-refractivity contribution in [3.63, 3.8) is 0 Å². The second-order valence-electron chi connectivity index (χ2n) is 8.23. The molecule has 0 unspecified atom stereocenters. The van der Waals surface area contributed by atoms with Crippen LogP contribution in [0.25, 0.3) is 11.0 Å². The minimum atomic E-state index is -4.26. The monoisotopic (exact) mass is 490 g/mol. The number of aromatic nitrogens is 2. The fraction of sp³-hybridized carbons (Fsp3) is 0.619. The standard InChI is InChI=1S/C18H23F3N4O.C3H10N2OS/c1-24(11-18(19,20)21)12-25(14-5-3-2-4-6-14)16-13(10-26)9-23-17-15(16)7-8-22-17;1-4(2)5(6)7-3/h7-10,14H,2-6,11-12H2,1H3,(H,22,23);6H,1-3H3. The van der Waals surface area contributed by atoms with Gasteiger partial charge in [0, 0.05) is 44.2 Å². The number of anilines is 1. The zero-order chi connectivity index (χ0) is 24.6. The molecule has 0 saturated heterocycles. The van der Waals surface area contributed by atoms with Gasteiger partial charge in [0.25, 0.3) is 0 Å². The van der Waals surface area contributed by atoms with Crippen LogP contribution in [0.1, 0.15) is 42.5 Å². The molecule has 186 valence electrons. The Bertz CT molecular complexity index is 873. The molecular formula is C21H33F3N6O2S. The molecule has 0 aliphatic heterocycles. The number of aromatic amines is 1. The number of rotatable bonds is 8. The van der Waals surface area contributed by atoms with E-state index in [0.717, 1.165) is 48.4 Å². The summed E-state index contributed by atoms with van der Waals surface area (Å²) in [5.74, 6) is 0. The number of pyridine rings is 1. The Labute approximate surface area is 196 Å². The zero-order valence-corrected chi connectivity index (χ0v) is 20.3. The predicted molar refractivity (Wildman–Crippen MR) is 125 cm³/mol. The lowest BCUT2D eigenvalue weighted by Gasteiger charge is -2.39. The van der Waals surface area contributed by atoms with Gasteiger partial charge in [0.05, 0.1) is 24.5 Å². The molecule has 0 spiro atoms. The van der Waals surface area contributed by atoms with E-state index in [4.69, 9.17) is 5.21 Å². The molecule has 8 nitrogen and oxygen atoms in total. The number of halogens is 3. The summed E-state index contributed by atoms with van der Waals surface area (Å²) in [6.45, 7) is -0.886. The molecule has 1 saturated carbocycles. The maximum atomic E-state index is 12.8. The molecule has 1 fully saturated rings. The van der Waals surface area contributed by atoms with Gasteiger partial charge >= 0.3 is 6.18 Å². The largest absolute Gasteiger partial charge is 0.401 e. The van der Waals surface area contributed by atoms with Crippen LogP contribution >= 0.6 is 11.9 Å². The van der Waals surface area contributed by atoms with E-state index in [0.29, 0.717) is 16.9 Å². The summed E-state index contributed by atoms with van der Waals surface area (Å²) in [5.41, 5.74) is 1.71. The average Bonchev–Trinajstić information content (AvgIpc) is 3.25. The lowest BCUT2D eigenvalue weighted by molar-refractivity contribution is -0.143. The Morgan fingerprint density at radius 3 is 2.42 bits per heavy atom. The summed E-state index contributed by atoms with van der Waals surface area (Å²) in [6.07, 6.45) is 6.52. The van der Waals surface area contributed by atoms with Crippen molar-refractivity contribution in [1.82, 2.24) is 24.5 Å². The molecule has 0 amide bonds. The minimum absolute atomic E-state index is 0.106. The van der Waals surface area contributed by atoms with Gasteiger partial charge in [-0.05, 0) is 37.9 Å². The van der Waals surface area contributed by atoms with Crippen molar-refractivity contribution in [3.05, 3.63) is 24.0 Å². The van der Waals surface area contributed by atoms with E-state index in [1.807, 2.05) is 11.0 Å². The van der Waals surface area contributed by atoms with Crippen molar-refractivity contribution in [1.29, 1.82) is 0 Å². The number of H-pyrrole nitrogens is 1. The van der Waals surface area contributed by atoms with Gasteiger partial charge in [0.2, 0.25) is 0 Å². The molecule has 0 bridgehead atoms. The highest BCUT2D eigenvalue weighted by molar-refractivity contribution is 7.96. The molecule has 0 radical (unpaired) electrons. The third-order valence-electron chi connectivity index (χ3n) is 5.36. The second kappa shape index (κ2) is 12.6. The van der Waals surface area contributed by atoms with Crippen LogP contribution < -0.4 is 4.90 Å². The highest BCUT2D eigenvalue weighted by Crippen LogP contribution is 2.34. The summed E-state index contributed by atoms with van der Waals surface area (Å²) < 4.78 is 39.5. The van der Waals surface area contributed by atoms with Gasteiger partial charge in [0.15, 0.2) is 6.29 Å². The van der Waals surface area contributed by atoms with E-state index in [2.05, 4.69) is 9.97 Å². The third-order valence-corrected chi connectivity index (χ3v) is 6.02. The van der Waals surface area contributed by atoms with E-state index in [-0.39, 0.29) is 12.7 Å². The smallest absolute Gasteiger partial charge is 0.354 e. The van der Waals surface area contributed by atoms with Crippen molar-refractivity contribution in [2.24, 2.45) is 0 Å². The average molecular weight is 491 g/mol. The van der Waals surface area contributed by atoms with Crippen molar-refractivity contribution in [3.8, 4) is 0 Å². The molecule has 2 aromatic heterocycles. The van der Waals surface area contributed by atoms with E-state index in [9.17, 15) is 18.0 Å². The number of carbonyl (C=O) groups is 1. The summed E-state index contributed by atoms with van der Waals surface area (Å²) in [4.78, 5) is 22.1. The first-order valence-electron chi connectivity index (χ1n) is 10.7. The van der Waals surface area contributed by atoms with Gasteiger partial charge in [0.1, 0.15) is 5.65 Å². The number of nitrogens with zero attached hydrogens (tertiary/aromatic N) is 5. The van der Waals surface area contributed by atoms with E-state index in [1.165, 1.54) is 30.1 Å². The number of hydrogen-bond donors (Lipinski definition) is 2. The highest BCUT2D eigenvalue weighted by Gasteiger charge is 2.32. The minimum Gasteiger partial charge on any atom is -0.354 e. The summed E-state index contributed by atoms with van der Waals surface area (Å²) in [5, 5.41) is 11.0. The van der Waals surface area contributed by atoms with Crippen molar-refractivity contribution >= 4 is 35.0 Å². The van der Waals surface area contributed by atoms with Gasteiger partial charge in [-0.1, -0.05) is 23.8 Å². The highest BCUT2D eigenvalue weighted by atomic mass is 32.2. The van der Waals surface area contributed by atoms with Crippen LogP contribution in [0.4, 0.5) is 18.9 Å². The number of hydrazine groups is 1. The Morgan fingerprint density at radius 1 is 1.24 bits per heavy atom. The number of carbonyl (C=O) groups excluding carboxylic acids is 1. The van der Waals surface area contributed by atoms with Crippen molar-refractivity contribution in [2.45, 2.75) is 44.3 Å². The zero-order valence-electron chi connectivity index (χ0n) is 19.5. The molecule has 3 rings (SSSR count). The van der Waals surface area contributed by atoms with E-state index < -0.39 is 12.7 Å². The van der Waals surface area contributed by atoms with Gasteiger partial charge in [-0.15, -0.1) is 0 Å². The van der Waals surface area contributed by atoms with Crippen LogP contribution in [0.15, 0.2) is 18.5 Å². The molecule has 2 N–H and O–H groups in total. The Balaban J connectivity index is 0.000000479. The fourth-order valence-corrected chi connectivity index (χ4v) is 4.28. The first kappa shape index (κ1) is 27.4. The molecule has 1 aliphatic carbocycles. The van der Waals surface area contributed by atoms with Crippen LogP contribution in [-0.4, -0.2) is 88.8 Å². The summed E-state index contributed by atoms with van der Waals surface area (Å²) in [7, 11) is 4.98. The van der Waals surface area contributed by atoms with Crippen molar-refractivity contribution in [2.75, 3.05) is 45.5 Å². The number of nitrogens with one attached hydrogen (secondary N) is 1. The quantitative estimate of drug-likeness (QED) is 0.244. The maximum absolute atomic E-state index is 12.8. The predicted octanol–water partition coefficient (Wildman–Crippen LogP) is 4.40. The Morgan fingerprint density at radius 2 is 1.91 bits per heavy atom. The molecule has 33 heavy (non-hydrogen) atoms. The van der Waals surface area contributed by atoms with Gasteiger partial charge < -0.3 is 9.88 Å². The molecule has 0 atom stereocenters. The number of alkyl halides is 3. The fourth-order valence-electron chi connectivity index (χ4n) is 3.96. The first-order valence-corrected chi connectivity index (χ1v) is 11.9. The number of aldehydes is 1. The van der Waals surface area contributed by atoms with Crippen LogP contribution in [0.5, 0.6) is 0 Å². The normalized spacial score (nSPS) is 15.2. The molecule has 1 aliphatic rings. The van der Waals surface area contributed by atoms with E-state index in [1.54, 1.807) is 31.6 Å². The third kappa shape index (κ3) is 8.14. The Hall–Kier alpha value is -1.86. The van der Waals surface area contributed by atoms with Crippen LogP contribution in [0.3, 0.4) is 0 Å². The first-order chi connectivity index (χ1) is 15.6. The number of hydrogen-bond acceptors (Lipinski definition) is 8. The SMILES string of the molecule is CN(CN(c1c(C=O)cnc2[nH]ccc12)C1CCCCC1)CC(F)(F)F.CSN(O)N(C)C. The van der Waals surface area contributed by atoms with Gasteiger partial charge in [-0.2, -0.15) is 13.2 Å². The molecule has 2 heterocycles. The van der Waals surface area contributed by atoms with Gasteiger partial charge in [-0.25, -0.2) is 9.99 Å². The lowest BCUT2D eigenvalue weighted by atomic mass is 9.93. The van der Waals surface area contributed by atoms with Crippen LogP contribution in [0.2, 0.25) is 0 Å². The number of fused-ring (bicyclic) bond motifs is 1. The van der Waals surface area contributed by atoms with Gasteiger partial charge in [-0.3, -0.25) is 14.9 Å².